The third kappa shape index (κ3) is 5.21. The van der Waals surface area contributed by atoms with Crippen LogP contribution in [0.5, 0.6) is 5.75 Å². The quantitative estimate of drug-likeness (QED) is 0.846. The summed E-state index contributed by atoms with van der Waals surface area (Å²) in [6.45, 7) is 12.4. The van der Waals surface area contributed by atoms with Crippen molar-refractivity contribution in [3.8, 4) is 5.75 Å². The lowest BCUT2D eigenvalue weighted by Crippen LogP contribution is -2.42. The average Bonchev–Trinajstić information content (AvgIpc) is 2.79. The molecule has 0 aromatic heterocycles. The number of carbonyl (C=O) groups is 2. The fraction of sp³-hybridized carbons (Fsp3) is 0.600. The van der Waals surface area contributed by atoms with Gasteiger partial charge in [-0.1, -0.05) is 32.9 Å². The average molecular weight is 346 g/mol. The van der Waals surface area contributed by atoms with Crippen LogP contribution in [0.1, 0.15) is 46.6 Å². The van der Waals surface area contributed by atoms with Crippen LogP contribution < -0.4 is 4.74 Å². The van der Waals surface area contributed by atoms with E-state index >= 15 is 0 Å². The summed E-state index contributed by atoms with van der Waals surface area (Å²) in [6, 6.07) is 7.93. The van der Waals surface area contributed by atoms with Crippen LogP contribution in [0.25, 0.3) is 0 Å². The Kier molecular flexibility index (Phi) is 6.09. The van der Waals surface area contributed by atoms with E-state index < -0.39 is 6.10 Å². The Morgan fingerprint density at radius 3 is 2.36 bits per heavy atom. The van der Waals surface area contributed by atoms with E-state index in [9.17, 15) is 9.59 Å². The highest BCUT2D eigenvalue weighted by atomic mass is 16.5. The van der Waals surface area contributed by atoms with Crippen molar-refractivity contribution in [1.82, 2.24) is 9.80 Å². The highest BCUT2D eigenvalue weighted by Crippen LogP contribution is 2.26. The Bertz CT molecular complexity index is 622. The van der Waals surface area contributed by atoms with Gasteiger partial charge in [-0.3, -0.25) is 9.59 Å². The van der Waals surface area contributed by atoms with Crippen LogP contribution in [0.15, 0.2) is 24.3 Å². The molecule has 2 rings (SSSR count). The van der Waals surface area contributed by atoms with Crippen LogP contribution in [0, 0.1) is 0 Å². The maximum Gasteiger partial charge on any atom is 0.263 e. The zero-order chi connectivity index (χ0) is 18.6. The van der Waals surface area contributed by atoms with Gasteiger partial charge in [-0.15, -0.1) is 0 Å². The summed E-state index contributed by atoms with van der Waals surface area (Å²) in [7, 11) is 0. The summed E-state index contributed by atoms with van der Waals surface area (Å²) in [6.07, 6.45) is 0.261. The van der Waals surface area contributed by atoms with Gasteiger partial charge >= 0.3 is 0 Å². The van der Waals surface area contributed by atoms with Crippen LogP contribution in [0.3, 0.4) is 0 Å². The van der Waals surface area contributed by atoms with Crippen molar-refractivity contribution < 1.29 is 14.3 Å². The number of hydrogen-bond donors (Lipinski definition) is 0. The molecule has 0 aliphatic carbocycles. The van der Waals surface area contributed by atoms with Crippen molar-refractivity contribution >= 4 is 11.8 Å². The van der Waals surface area contributed by atoms with Gasteiger partial charge in [0.25, 0.3) is 5.91 Å². The first-order chi connectivity index (χ1) is 11.7. The first-order valence-electron chi connectivity index (χ1n) is 9.00. The van der Waals surface area contributed by atoms with Gasteiger partial charge in [0.1, 0.15) is 5.75 Å². The van der Waals surface area contributed by atoms with Gasteiger partial charge < -0.3 is 14.5 Å². The molecule has 1 fully saturated rings. The van der Waals surface area contributed by atoms with Crippen LogP contribution in [-0.4, -0.2) is 53.9 Å². The summed E-state index contributed by atoms with van der Waals surface area (Å²) < 4.78 is 5.91. The number of ether oxygens (including phenoxy) is 1. The van der Waals surface area contributed by atoms with Crippen LogP contribution in [-0.2, 0) is 15.0 Å². The molecule has 25 heavy (non-hydrogen) atoms. The van der Waals surface area contributed by atoms with E-state index in [1.54, 1.807) is 23.6 Å². The van der Waals surface area contributed by atoms with Crippen LogP contribution in [0.2, 0.25) is 0 Å². The Morgan fingerprint density at radius 2 is 1.72 bits per heavy atom. The summed E-state index contributed by atoms with van der Waals surface area (Å²) in [5.74, 6) is 0.762. The molecule has 0 spiro atoms. The highest BCUT2D eigenvalue weighted by Gasteiger charge is 2.25. The third-order valence-electron chi connectivity index (χ3n) is 4.61. The molecule has 138 valence electrons. The lowest BCUT2D eigenvalue weighted by atomic mass is 9.87. The van der Waals surface area contributed by atoms with Crippen molar-refractivity contribution in [1.29, 1.82) is 0 Å². The Hall–Kier alpha value is -2.04. The fourth-order valence-electron chi connectivity index (χ4n) is 3.00. The van der Waals surface area contributed by atoms with Crippen molar-refractivity contribution in [3.05, 3.63) is 29.8 Å². The van der Waals surface area contributed by atoms with Gasteiger partial charge in [0.15, 0.2) is 6.10 Å². The van der Waals surface area contributed by atoms with Gasteiger partial charge in [-0.2, -0.15) is 0 Å². The largest absolute Gasteiger partial charge is 0.481 e. The third-order valence-corrected chi connectivity index (χ3v) is 4.61. The molecule has 5 nitrogen and oxygen atoms in total. The molecule has 0 bridgehead atoms. The van der Waals surface area contributed by atoms with E-state index in [0.29, 0.717) is 31.9 Å². The summed E-state index contributed by atoms with van der Waals surface area (Å²) >= 11 is 0. The molecule has 0 radical (unpaired) electrons. The summed E-state index contributed by atoms with van der Waals surface area (Å²) in [5, 5.41) is 0. The number of rotatable bonds is 3. The normalized spacial score (nSPS) is 17.0. The lowest BCUT2D eigenvalue weighted by molar-refractivity contribution is -0.138. The Balaban J connectivity index is 1.99. The molecule has 1 saturated heterocycles. The number of carbonyl (C=O) groups excluding carboxylic acids is 2. The van der Waals surface area contributed by atoms with Gasteiger partial charge in [0, 0.05) is 33.1 Å². The van der Waals surface area contributed by atoms with E-state index in [4.69, 9.17) is 4.74 Å². The number of hydrogen-bond acceptors (Lipinski definition) is 3. The number of amides is 2. The topological polar surface area (TPSA) is 49.9 Å². The predicted molar refractivity (Wildman–Crippen MR) is 98.7 cm³/mol. The van der Waals surface area contributed by atoms with Crippen molar-refractivity contribution in [2.75, 3.05) is 26.2 Å². The van der Waals surface area contributed by atoms with Crippen molar-refractivity contribution in [2.24, 2.45) is 0 Å². The second-order valence-corrected chi connectivity index (χ2v) is 7.72. The first-order valence-corrected chi connectivity index (χ1v) is 9.00. The number of benzene rings is 1. The molecule has 5 heteroatoms. The molecule has 1 heterocycles. The molecule has 0 unspecified atom stereocenters. The molecule has 0 N–H and O–H groups in total. The van der Waals surface area contributed by atoms with E-state index in [0.717, 1.165) is 6.42 Å². The monoisotopic (exact) mass is 346 g/mol. The number of nitrogens with zero attached hydrogens (tertiary/aromatic N) is 2. The summed E-state index contributed by atoms with van der Waals surface area (Å²) in [4.78, 5) is 27.8. The van der Waals surface area contributed by atoms with E-state index in [2.05, 4.69) is 26.8 Å². The molecule has 1 aromatic carbocycles. The van der Waals surface area contributed by atoms with E-state index in [1.807, 2.05) is 18.2 Å². The van der Waals surface area contributed by atoms with Gasteiger partial charge in [-0.25, -0.2) is 0 Å². The highest BCUT2D eigenvalue weighted by molar-refractivity contribution is 5.81. The molecule has 1 aliphatic heterocycles. The van der Waals surface area contributed by atoms with E-state index in [1.165, 1.54) is 5.56 Å². The molecular formula is C20H30N2O3. The SMILES string of the molecule is CC(=O)N1CCCN(C(=O)[C@@H](C)Oc2cccc(C(C)(C)C)c2)CC1. The van der Waals surface area contributed by atoms with Crippen molar-refractivity contribution in [3.63, 3.8) is 0 Å². The summed E-state index contributed by atoms with van der Waals surface area (Å²) in [5.41, 5.74) is 1.21. The zero-order valence-electron chi connectivity index (χ0n) is 16.0. The molecule has 1 atom stereocenters. The van der Waals surface area contributed by atoms with Gasteiger partial charge in [0.2, 0.25) is 5.91 Å². The lowest BCUT2D eigenvalue weighted by Gasteiger charge is -2.25. The molecule has 1 aliphatic rings. The maximum absolute atomic E-state index is 12.7. The van der Waals surface area contributed by atoms with Crippen LogP contribution >= 0.6 is 0 Å². The Morgan fingerprint density at radius 1 is 1.08 bits per heavy atom. The second-order valence-electron chi connectivity index (χ2n) is 7.72. The van der Waals surface area contributed by atoms with Crippen molar-refractivity contribution in [2.45, 2.75) is 52.6 Å². The van der Waals surface area contributed by atoms with Gasteiger partial charge in [-0.05, 0) is 36.5 Å². The van der Waals surface area contributed by atoms with E-state index in [-0.39, 0.29) is 17.2 Å². The molecule has 1 aromatic rings. The molecule has 0 saturated carbocycles. The van der Waals surface area contributed by atoms with Gasteiger partial charge in [0.05, 0.1) is 0 Å². The maximum atomic E-state index is 12.7. The van der Waals surface area contributed by atoms with Crippen LogP contribution in [0.4, 0.5) is 0 Å². The predicted octanol–water partition coefficient (Wildman–Crippen LogP) is 2.83. The fourth-order valence-corrected chi connectivity index (χ4v) is 3.00. The Labute approximate surface area is 150 Å². The smallest absolute Gasteiger partial charge is 0.263 e. The second kappa shape index (κ2) is 7.89. The first kappa shape index (κ1) is 19.3. The minimum Gasteiger partial charge on any atom is -0.481 e. The minimum absolute atomic E-state index is 0.0217. The zero-order valence-corrected chi connectivity index (χ0v) is 16.0. The molecule has 2 amide bonds. The molecular weight excluding hydrogens is 316 g/mol. The minimum atomic E-state index is -0.543. The standard InChI is InChI=1S/C20H30N2O3/c1-15(25-18-9-6-8-17(14-18)20(3,4)5)19(24)22-11-7-10-21(12-13-22)16(2)23/h6,8-9,14-15H,7,10-13H2,1-5H3/t15-/m1/s1.